The van der Waals surface area contributed by atoms with Gasteiger partial charge in [0.1, 0.15) is 0 Å². The normalized spacial score (nSPS) is 15.2. The van der Waals surface area contributed by atoms with Gasteiger partial charge >= 0.3 is 0 Å². The molecule has 1 aliphatic rings. The van der Waals surface area contributed by atoms with Crippen molar-refractivity contribution in [1.29, 1.82) is 0 Å². The Balaban J connectivity index is 2.21. The van der Waals surface area contributed by atoms with Gasteiger partial charge < -0.3 is 4.90 Å². The van der Waals surface area contributed by atoms with Crippen LogP contribution >= 0.6 is 27.5 Å². The van der Waals surface area contributed by atoms with E-state index in [1.165, 1.54) is 30.6 Å². The van der Waals surface area contributed by atoms with Crippen LogP contribution in [0.15, 0.2) is 22.7 Å². The Morgan fingerprint density at radius 3 is 2.75 bits per heavy atom. The van der Waals surface area contributed by atoms with E-state index in [0.717, 1.165) is 16.9 Å². The summed E-state index contributed by atoms with van der Waals surface area (Å²) >= 11 is 9.50. The number of rotatable bonds is 5. The van der Waals surface area contributed by atoms with Crippen LogP contribution in [0.5, 0.6) is 0 Å². The maximum Gasteiger partial charge on any atom is 0.0494 e. The van der Waals surface area contributed by atoms with E-state index in [-0.39, 0.29) is 0 Å². The zero-order chi connectivity index (χ0) is 11.5. The summed E-state index contributed by atoms with van der Waals surface area (Å²) in [6.45, 7) is 4.45. The van der Waals surface area contributed by atoms with Gasteiger partial charge in [0, 0.05) is 29.1 Å². The summed E-state index contributed by atoms with van der Waals surface area (Å²) in [6, 6.07) is 6.40. The summed E-state index contributed by atoms with van der Waals surface area (Å²) in [5.41, 5.74) is 2.52. The monoisotopic (exact) mass is 301 g/mol. The minimum absolute atomic E-state index is 0.579. The topological polar surface area (TPSA) is 3.24 Å². The average molecular weight is 303 g/mol. The summed E-state index contributed by atoms with van der Waals surface area (Å²) in [4.78, 5) is 2.45. The van der Waals surface area contributed by atoms with Crippen LogP contribution in [0.3, 0.4) is 0 Å². The molecule has 1 aromatic carbocycles. The lowest BCUT2D eigenvalue weighted by atomic mass is 10.1. The quantitative estimate of drug-likeness (QED) is 0.728. The lowest BCUT2D eigenvalue weighted by molar-refractivity contribution is 0.739. The largest absolute Gasteiger partial charge is 0.371 e. The first-order valence-electron chi connectivity index (χ1n) is 5.84. The first-order chi connectivity index (χ1) is 7.74. The number of nitrogens with zero attached hydrogens (tertiary/aromatic N) is 1. The summed E-state index contributed by atoms with van der Waals surface area (Å²) in [7, 11) is 0. The van der Waals surface area contributed by atoms with Crippen molar-refractivity contribution in [2.75, 3.05) is 18.0 Å². The van der Waals surface area contributed by atoms with Gasteiger partial charge in [-0.2, -0.15) is 0 Å². The van der Waals surface area contributed by atoms with E-state index in [4.69, 9.17) is 11.6 Å². The molecule has 0 spiro atoms. The fourth-order valence-corrected chi connectivity index (χ4v) is 2.60. The summed E-state index contributed by atoms with van der Waals surface area (Å²) in [6.07, 6.45) is 2.78. The van der Waals surface area contributed by atoms with Crippen molar-refractivity contribution in [3.05, 3.63) is 28.2 Å². The summed E-state index contributed by atoms with van der Waals surface area (Å²) in [5, 5.41) is 0. The van der Waals surface area contributed by atoms with Gasteiger partial charge in [0.05, 0.1) is 0 Å². The van der Waals surface area contributed by atoms with Crippen LogP contribution in [0, 0.1) is 5.92 Å². The molecule has 0 aliphatic heterocycles. The lowest BCUT2D eigenvalue weighted by Gasteiger charge is -2.25. The highest BCUT2D eigenvalue weighted by molar-refractivity contribution is 9.10. The van der Waals surface area contributed by atoms with Crippen LogP contribution in [0.4, 0.5) is 5.69 Å². The Bertz CT molecular complexity index is 363. The Morgan fingerprint density at radius 1 is 1.44 bits per heavy atom. The van der Waals surface area contributed by atoms with E-state index in [9.17, 15) is 0 Å². The minimum Gasteiger partial charge on any atom is -0.371 e. The smallest absolute Gasteiger partial charge is 0.0494 e. The molecular formula is C13H17BrClN. The molecule has 16 heavy (non-hydrogen) atoms. The third-order valence-corrected chi connectivity index (χ3v) is 3.86. The van der Waals surface area contributed by atoms with E-state index in [1.807, 2.05) is 0 Å². The molecule has 0 atom stereocenters. The van der Waals surface area contributed by atoms with Crippen LogP contribution in [0.2, 0.25) is 0 Å². The van der Waals surface area contributed by atoms with E-state index >= 15 is 0 Å². The summed E-state index contributed by atoms with van der Waals surface area (Å²) in [5.74, 6) is 1.49. The van der Waals surface area contributed by atoms with Crippen LogP contribution in [0.25, 0.3) is 0 Å². The van der Waals surface area contributed by atoms with Gasteiger partial charge in [0.2, 0.25) is 0 Å². The fourth-order valence-electron chi connectivity index (χ4n) is 1.98. The summed E-state index contributed by atoms with van der Waals surface area (Å²) < 4.78 is 1.11. The molecule has 0 aromatic heterocycles. The number of halogens is 2. The van der Waals surface area contributed by atoms with Crippen molar-refractivity contribution >= 4 is 33.2 Å². The number of hydrogen-bond donors (Lipinski definition) is 0. The lowest BCUT2D eigenvalue weighted by Crippen LogP contribution is -2.26. The van der Waals surface area contributed by atoms with E-state index < -0.39 is 0 Å². The van der Waals surface area contributed by atoms with E-state index in [2.05, 4.69) is 46.0 Å². The van der Waals surface area contributed by atoms with Gasteiger partial charge in [0.15, 0.2) is 0 Å². The fraction of sp³-hybridized carbons (Fsp3) is 0.538. The standard InChI is InChI=1S/C13H17BrClN/c1-2-16(9-10-3-4-10)13-6-5-12(14)7-11(13)8-15/h5-7,10H,2-4,8-9H2,1H3. The molecular weight excluding hydrogens is 286 g/mol. The predicted molar refractivity (Wildman–Crippen MR) is 74.3 cm³/mol. The van der Waals surface area contributed by atoms with Crippen LogP contribution in [0.1, 0.15) is 25.3 Å². The molecule has 88 valence electrons. The minimum atomic E-state index is 0.579. The third kappa shape index (κ3) is 2.92. The average Bonchev–Trinajstić information content (AvgIpc) is 3.10. The second kappa shape index (κ2) is 5.42. The van der Waals surface area contributed by atoms with Crippen molar-refractivity contribution in [2.24, 2.45) is 5.92 Å². The molecule has 3 heteroatoms. The Hall–Kier alpha value is -0.210. The molecule has 0 heterocycles. The predicted octanol–water partition coefficient (Wildman–Crippen LogP) is 4.42. The Kier molecular flexibility index (Phi) is 4.15. The van der Waals surface area contributed by atoms with Gasteiger partial charge in [-0.25, -0.2) is 0 Å². The van der Waals surface area contributed by atoms with Gasteiger partial charge in [-0.3, -0.25) is 0 Å². The first-order valence-corrected chi connectivity index (χ1v) is 7.16. The third-order valence-electron chi connectivity index (χ3n) is 3.08. The number of anilines is 1. The molecule has 0 bridgehead atoms. The molecule has 0 saturated heterocycles. The number of benzene rings is 1. The molecule has 0 radical (unpaired) electrons. The van der Waals surface area contributed by atoms with Crippen molar-refractivity contribution in [3.63, 3.8) is 0 Å². The van der Waals surface area contributed by atoms with Gasteiger partial charge in [-0.15, -0.1) is 11.6 Å². The van der Waals surface area contributed by atoms with Crippen LogP contribution < -0.4 is 4.90 Å². The van der Waals surface area contributed by atoms with Crippen molar-refractivity contribution in [2.45, 2.75) is 25.6 Å². The highest BCUT2D eigenvalue weighted by Crippen LogP contribution is 2.33. The second-order valence-corrected chi connectivity index (χ2v) is 5.57. The van der Waals surface area contributed by atoms with E-state index in [1.54, 1.807) is 0 Å². The van der Waals surface area contributed by atoms with Crippen LogP contribution in [-0.2, 0) is 5.88 Å². The highest BCUT2D eigenvalue weighted by atomic mass is 79.9. The van der Waals surface area contributed by atoms with Crippen molar-refractivity contribution in [1.82, 2.24) is 0 Å². The van der Waals surface area contributed by atoms with Gasteiger partial charge in [-0.1, -0.05) is 15.9 Å². The molecule has 2 rings (SSSR count). The second-order valence-electron chi connectivity index (χ2n) is 4.39. The Morgan fingerprint density at radius 2 is 2.19 bits per heavy atom. The zero-order valence-electron chi connectivity index (χ0n) is 9.55. The molecule has 0 N–H and O–H groups in total. The maximum absolute atomic E-state index is 6.01. The zero-order valence-corrected chi connectivity index (χ0v) is 11.9. The molecule has 0 amide bonds. The number of alkyl halides is 1. The molecule has 1 fully saturated rings. The molecule has 1 aromatic rings. The molecule has 1 aliphatic carbocycles. The molecule has 1 saturated carbocycles. The number of hydrogen-bond acceptors (Lipinski definition) is 1. The first kappa shape index (κ1) is 12.3. The van der Waals surface area contributed by atoms with Gasteiger partial charge in [-0.05, 0) is 49.4 Å². The molecule has 0 unspecified atom stereocenters. The van der Waals surface area contributed by atoms with Gasteiger partial charge in [0.25, 0.3) is 0 Å². The van der Waals surface area contributed by atoms with Crippen molar-refractivity contribution < 1.29 is 0 Å². The molecule has 1 nitrogen and oxygen atoms in total. The SMILES string of the molecule is CCN(CC1CC1)c1ccc(Br)cc1CCl. The highest BCUT2D eigenvalue weighted by Gasteiger charge is 2.24. The van der Waals surface area contributed by atoms with Crippen LogP contribution in [-0.4, -0.2) is 13.1 Å². The van der Waals surface area contributed by atoms with E-state index in [0.29, 0.717) is 5.88 Å². The van der Waals surface area contributed by atoms with Crippen molar-refractivity contribution in [3.8, 4) is 0 Å². The Labute approximate surface area is 111 Å². The maximum atomic E-state index is 6.01.